The Morgan fingerprint density at radius 2 is 1.79 bits per heavy atom. The molecule has 0 saturated heterocycles. The second-order valence-electron chi connectivity index (χ2n) is 6.85. The number of benzene rings is 1. The minimum absolute atomic E-state index is 0.0728. The van der Waals surface area contributed by atoms with Crippen LogP contribution in [0.3, 0.4) is 0 Å². The van der Waals surface area contributed by atoms with Gasteiger partial charge < -0.3 is 10.4 Å². The molecule has 3 heterocycles. The van der Waals surface area contributed by atoms with Crippen LogP contribution < -0.4 is 5.32 Å². The van der Waals surface area contributed by atoms with Crippen molar-refractivity contribution in [2.75, 3.05) is 5.32 Å². The molecule has 0 aliphatic rings. The van der Waals surface area contributed by atoms with Crippen LogP contribution in [0.5, 0.6) is 0 Å². The Balaban J connectivity index is 1.45. The van der Waals surface area contributed by atoms with Crippen molar-refractivity contribution in [3.63, 3.8) is 0 Å². The van der Waals surface area contributed by atoms with Crippen LogP contribution in [-0.2, 0) is 19.4 Å². The van der Waals surface area contributed by atoms with Crippen LogP contribution in [0.2, 0.25) is 0 Å². The first-order valence-electron chi connectivity index (χ1n) is 9.50. The van der Waals surface area contributed by atoms with Crippen molar-refractivity contribution >= 4 is 23.0 Å². The van der Waals surface area contributed by atoms with Crippen molar-refractivity contribution in [1.29, 1.82) is 0 Å². The normalized spacial score (nSPS) is 10.8. The highest BCUT2D eigenvalue weighted by Crippen LogP contribution is 2.27. The SMILES string of the molecule is Cc1ccnc(Nc2cccc(-c3cnc(CCc4cccc(CO)c4)s3)n2)c1. The lowest BCUT2D eigenvalue weighted by Crippen LogP contribution is -1.96. The van der Waals surface area contributed by atoms with Crippen LogP contribution in [0.1, 0.15) is 21.7 Å². The number of nitrogens with zero attached hydrogens (tertiary/aromatic N) is 3. The summed E-state index contributed by atoms with van der Waals surface area (Å²) < 4.78 is 0. The van der Waals surface area contributed by atoms with Gasteiger partial charge in [0, 0.05) is 18.8 Å². The van der Waals surface area contributed by atoms with Gasteiger partial charge in [0.15, 0.2) is 0 Å². The van der Waals surface area contributed by atoms with Crippen molar-refractivity contribution in [3.8, 4) is 10.6 Å². The smallest absolute Gasteiger partial charge is 0.132 e. The zero-order chi connectivity index (χ0) is 20.1. The quantitative estimate of drug-likeness (QED) is 0.459. The number of rotatable bonds is 7. The van der Waals surface area contributed by atoms with Crippen molar-refractivity contribution in [1.82, 2.24) is 15.0 Å². The standard InChI is InChI=1S/C23H22N4OS/c1-16-10-11-24-22(12-16)27-21-7-3-6-19(26-21)20-14-25-23(29-20)9-8-17-4-2-5-18(13-17)15-28/h2-7,10-14,28H,8-9,15H2,1H3,(H,24,26,27). The first-order chi connectivity index (χ1) is 14.2. The second kappa shape index (κ2) is 8.94. The van der Waals surface area contributed by atoms with Gasteiger partial charge >= 0.3 is 0 Å². The number of anilines is 2. The number of thiazole rings is 1. The fourth-order valence-corrected chi connectivity index (χ4v) is 3.94. The molecule has 3 aromatic heterocycles. The number of hydrogen-bond acceptors (Lipinski definition) is 6. The molecule has 0 aliphatic heterocycles. The van der Waals surface area contributed by atoms with Gasteiger partial charge in [0.1, 0.15) is 11.6 Å². The van der Waals surface area contributed by atoms with Crippen LogP contribution in [0.15, 0.2) is 67.0 Å². The summed E-state index contributed by atoms with van der Waals surface area (Å²) in [5, 5.41) is 13.6. The number of aryl methyl sites for hydroxylation is 3. The van der Waals surface area contributed by atoms with Gasteiger partial charge in [-0.3, -0.25) is 0 Å². The van der Waals surface area contributed by atoms with Crippen molar-refractivity contribution in [2.45, 2.75) is 26.4 Å². The van der Waals surface area contributed by atoms with Gasteiger partial charge in [-0.1, -0.05) is 30.3 Å². The van der Waals surface area contributed by atoms with E-state index < -0.39 is 0 Å². The summed E-state index contributed by atoms with van der Waals surface area (Å²) in [5.41, 5.74) is 4.20. The molecular formula is C23H22N4OS. The predicted octanol–water partition coefficient (Wildman–Crippen LogP) is 4.93. The van der Waals surface area contributed by atoms with Crippen LogP contribution in [0.4, 0.5) is 11.6 Å². The Morgan fingerprint density at radius 3 is 2.66 bits per heavy atom. The minimum atomic E-state index is 0.0728. The number of pyridine rings is 2. The maximum absolute atomic E-state index is 9.28. The Morgan fingerprint density at radius 1 is 0.931 bits per heavy atom. The van der Waals surface area contributed by atoms with Crippen LogP contribution >= 0.6 is 11.3 Å². The molecule has 0 spiro atoms. The van der Waals surface area contributed by atoms with E-state index in [0.29, 0.717) is 0 Å². The molecule has 0 aliphatic carbocycles. The van der Waals surface area contributed by atoms with E-state index in [0.717, 1.165) is 51.2 Å². The third-order valence-electron chi connectivity index (χ3n) is 4.53. The maximum Gasteiger partial charge on any atom is 0.132 e. The molecule has 0 fully saturated rings. The lowest BCUT2D eigenvalue weighted by molar-refractivity contribution is 0.281. The molecule has 5 nitrogen and oxygen atoms in total. The Bertz CT molecular complexity index is 1110. The van der Waals surface area contributed by atoms with E-state index in [9.17, 15) is 5.11 Å². The summed E-state index contributed by atoms with van der Waals surface area (Å²) in [6.45, 7) is 2.11. The molecule has 146 valence electrons. The Labute approximate surface area is 174 Å². The van der Waals surface area contributed by atoms with Gasteiger partial charge in [0.25, 0.3) is 0 Å². The molecule has 29 heavy (non-hydrogen) atoms. The predicted molar refractivity (Wildman–Crippen MR) is 117 cm³/mol. The maximum atomic E-state index is 9.28. The fourth-order valence-electron chi connectivity index (χ4n) is 3.06. The van der Waals surface area contributed by atoms with E-state index in [1.54, 1.807) is 17.5 Å². The van der Waals surface area contributed by atoms with Gasteiger partial charge in [-0.05, 0) is 54.3 Å². The van der Waals surface area contributed by atoms with Gasteiger partial charge in [0.2, 0.25) is 0 Å². The summed E-state index contributed by atoms with van der Waals surface area (Å²) >= 11 is 1.67. The van der Waals surface area contributed by atoms with E-state index in [2.05, 4.69) is 21.4 Å². The van der Waals surface area contributed by atoms with Crippen molar-refractivity contribution in [2.24, 2.45) is 0 Å². The zero-order valence-electron chi connectivity index (χ0n) is 16.2. The first-order valence-corrected chi connectivity index (χ1v) is 10.3. The molecule has 0 bridgehead atoms. The average molecular weight is 403 g/mol. The number of aliphatic hydroxyl groups excluding tert-OH is 1. The number of hydrogen-bond donors (Lipinski definition) is 2. The first kappa shape index (κ1) is 19.2. The largest absolute Gasteiger partial charge is 0.392 e. The van der Waals surface area contributed by atoms with Crippen LogP contribution in [0, 0.1) is 6.92 Å². The minimum Gasteiger partial charge on any atom is -0.392 e. The lowest BCUT2D eigenvalue weighted by atomic mass is 10.1. The number of nitrogens with one attached hydrogen (secondary N) is 1. The molecule has 4 rings (SSSR count). The monoisotopic (exact) mass is 402 g/mol. The Kier molecular flexibility index (Phi) is 5.93. The fraction of sp³-hybridized carbons (Fsp3) is 0.174. The van der Waals surface area contributed by atoms with Crippen molar-refractivity contribution in [3.05, 3.63) is 88.7 Å². The third kappa shape index (κ3) is 5.04. The summed E-state index contributed by atoms with van der Waals surface area (Å²) in [6.07, 6.45) is 5.44. The van der Waals surface area contributed by atoms with Crippen molar-refractivity contribution < 1.29 is 5.11 Å². The lowest BCUT2D eigenvalue weighted by Gasteiger charge is -2.06. The van der Waals surface area contributed by atoms with E-state index in [-0.39, 0.29) is 6.61 Å². The van der Waals surface area contributed by atoms with Gasteiger partial charge in [0.05, 0.1) is 22.2 Å². The molecule has 4 aromatic rings. The summed E-state index contributed by atoms with van der Waals surface area (Å²) in [7, 11) is 0. The van der Waals surface area contributed by atoms with E-state index in [1.165, 1.54) is 5.56 Å². The van der Waals surface area contributed by atoms with E-state index in [1.807, 2.05) is 61.7 Å². The topological polar surface area (TPSA) is 70.9 Å². The highest BCUT2D eigenvalue weighted by molar-refractivity contribution is 7.15. The molecule has 6 heteroatoms. The van der Waals surface area contributed by atoms with Gasteiger partial charge in [-0.15, -0.1) is 11.3 Å². The Hall–Kier alpha value is -3.09. The van der Waals surface area contributed by atoms with Crippen LogP contribution in [0.25, 0.3) is 10.6 Å². The number of aliphatic hydroxyl groups is 1. The molecule has 0 radical (unpaired) electrons. The second-order valence-corrected chi connectivity index (χ2v) is 7.96. The number of aromatic nitrogens is 3. The molecule has 1 aromatic carbocycles. The molecule has 0 atom stereocenters. The zero-order valence-corrected chi connectivity index (χ0v) is 17.0. The third-order valence-corrected chi connectivity index (χ3v) is 5.61. The molecular weight excluding hydrogens is 380 g/mol. The molecule has 0 amide bonds. The van der Waals surface area contributed by atoms with E-state index >= 15 is 0 Å². The summed E-state index contributed by atoms with van der Waals surface area (Å²) in [4.78, 5) is 14.7. The van der Waals surface area contributed by atoms with Gasteiger partial charge in [-0.2, -0.15) is 0 Å². The van der Waals surface area contributed by atoms with Gasteiger partial charge in [-0.25, -0.2) is 15.0 Å². The summed E-state index contributed by atoms with van der Waals surface area (Å²) in [6, 6.07) is 17.9. The highest BCUT2D eigenvalue weighted by atomic mass is 32.1. The van der Waals surface area contributed by atoms with Crippen LogP contribution in [-0.4, -0.2) is 20.1 Å². The molecule has 0 unspecified atom stereocenters. The summed E-state index contributed by atoms with van der Waals surface area (Å²) in [5.74, 6) is 1.54. The molecule has 0 saturated carbocycles. The average Bonchev–Trinajstić information content (AvgIpc) is 3.22. The highest BCUT2D eigenvalue weighted by Gasteiger charge is 2.08. The molecule has 2 N–H and O–H groups in total. The van der Waals surface area contributed by atoms with E-state index in [4.69, 9.17) is 4.98 Å².